The summed E-state index contributed by atoms with van der Waals surface area (Å²) in [5.41, 5.74) is 0. The molecule has 0 unspecified atom stereocenters. The van der Waals surface area contributed by atoms with E-state index in [0.717, 1.165) is 25.7 Å². The molecule has 1 aliphatic carbocycles. The van der Waals surface area contributed by atoms with E-state index in [1.54, 1.807) is 0 Å². The maximum atomic E-state index is 9.19. The zero-order valence-electron chi connectivity index (χ0n) is 6.31. The van der Waals surface area contributed by atoms with E-state index in [1.807, 2.05) is 6.21 Å². The van der Waals surface area contributed by atoms with Crippen LogP contribution in [-0.2, 0) is 11.8 Å². The second-order valence-electron chi connectivity index (χ2n) is 2.91. The van der Waals surface area contributed by atoms with Gasteiger partial charge in [0.05, 0.1) is 6.10 Å². The van der Waals surface area contributed by atoms with Crippen LogP contribution in [0.4, 0.5) is 0 Å². The van der Waals surface area contributed by atoms with Crippen LogP contribution < -0.4 is 0 Å². The SMILES string of the molecule is OC1CCC(C=NP=S)CC1. The van der Waals surface area contributed by atoms with Crippen LogP contribution in [-0.4, -0.2) is 17.4 Å². The predicted octanol–water partition coefficient (Wildman–Crippen LogP) is 1.93. The third kappa shape index (κ3) is 3.37. The van der Waals surface area contributed by atoms with Crippen LogP contribution in [0.15, 0.2) is 4.76 Å². The van der Waals surface area contributed by atoms with Crippen LogP contribution in [0.1, 0.15) is 25.7 Å². The van der Waals surface area contributed by atoms with E-state index in [-0.39, 0.29) is 6.10 Å². The summed E-state index contributed by atoms with van der Waals surface area (Å²) in [6.45, 7) is 0. The molecule has 62 valence electrons. The molecule has 2 nitrogen and oxygen atoms in total. The molecule has 0 heterocycles. The smallest absolute Gasteiger partial charge is 0.115 e. The molecule has 0 aromatic carbocycles. The van der Waals surface area contributed by atoms with Gasteiger partial charge in [0.2, 0.25) is 0 Å². The van der Waals surface area contributed by atoms with E-state index < -0.39 is 0 Å². The standard InChI is InChI=1S/C7H12NOPS/c9-7-3-1-6(2-4-7)5-8-10-11/h5-7,9H,1-4H2. The van der Waals surface area contributed by atoms with Gasteiger partial charge in [0.25, 0.3) is 0 Å². The van der Waals surface area contributed by atoms with Crippen LogP contribution in [0, 0.1) is 5.92 Å². The average molecular weight is 189 g/mol. The molecule has 0 aliphatic heterocycles. The maximum absolute atomic E-state index is 9.19. The third-order valence-electron chi connectivity index (χ3n) is 2.07. The number of nitrogens with zero attached hydrogens (tertiary/aromatic N) is 1. The molecular weight excluding hydrogens is 177 g/mol. The van der Waals surface area contributed by atoms with E-state index in [0.29, 0.717) is 13.4 Å². The van der Waals surface area contributed by atoms with Crippen molar-refractivity contribution in [2.45, 2.75) is 31.8 Å². The Labute approximate surface area is 73.6 Å². The first-order valence-electron chi connectivity index (χ1n) is 3.87. The van der Waals surface area contributed by atoms with Gasteiger partial charge in [-0.2, -0.15) is 0 Å². The number of aliphatic hydroxyl groups excluding tert-OH is 1. The summed E-state index contributed by atoms with van der Waals surface area (Å²) in [4.78, 5) is 0. The molecule has 0 bridgehead atoms. The quantitative estimate of drug-likeness (QED) is 0.531. The molecule has 1 N–H and O–H groups in total. The lowest BCUT2D eigenvalue weighted by atomic mass is 9.88. The van der Waals surface area contributed by atoms with Crippen molar-refractivity contribution < 1.29 is 5.11 Å². The van der Waals surface area contributed by atoms with E-state index in [4.69, 9.17) is 0 Å². The molecule has 0 aromatic rings. The van der Waals surface area contributed by atoms with Crippen molar-refractivity contribution in [3.05, 3.63) is 0 Å². The summed E-state index contributed by atoms with van der Waals surface area (Å²) in [5.74, 6) is 0.564. The highest BCUT2D eigenvalue weighted by Gasteiger charge is 2.17. The van der Waals surface area contributed by atoms with Crippen molar-refractivity contribution in [1.29, 1.82) is 0 Å². The van der Waals surface area contributed by atoms with Gasteiger partial charge in [-0.05, 0) is 43.4 Å². The van der Waals surface area contributed by atoms with E-state index in [2.05, 4.69) is 16.6 Å². The lowest BCUT2D eigenvalue weighted by molar-refractivity contribution is 0.121. The highest BCUT2D eigenvalue weighted by molar-refractivity contribution is 7.96. The highest BCUT2D eigenvalue weighted by atomic mass is 32.4. The topological polar surface area (TPSA) is 32.6 Å². The van der Waals surface area contributed by atoms with E-state index >= 15 is 0 Å². The summed E-state index contributed by atoms with van der Waals surface area (Å²) in [6, 6.07) is 0. The average Bonchev–Trinajstić information content (AvgIpc) is 2.04. The Morgan fingerprint density at radius 2 is 2.00 bits per heavy atom. The lowest BCUT2D eigenvalue weighted by Crippen LogP contribution is -2.18. The Balaban J connectivity index is 2.27. The highest BCUT2D eigenvalue weighted by Crippen LogP contribution is 2.22. The summed E-state index contributed by atoms with van der Waals surface area (Å²) >= 11 is 4.67. The van der Waals surface area contributed by atoms with Crippen LogP contribution in [0.5, 0.6) is 0 Å². The number of hydrogen-bond donors (Lipinski definition) is 1. The molecular formula is C7H12NOPS. The van der Waals surface area contributed by atoms with Crippen molar-refractivity contribution in [2.24, 2.45) is 10.7 Å². The Morgan fingerprint density at radius 1 is 1.36 bits per heavy atom. The summed E-state index contributed by atoms with van der Waals surface area (Å²) in [6.07, 6.45) is 5.85. The number of hydrogen-bond acceptors (Lipinski definition) is 2. The molecule has 11 heavy (non-hydrogen) atoms. The van der Waals surface area contributed by atoms with Crippen molar-refractivity contribution in [3.63, 3.8) is 0 Å². The van der Waals surface area contributed by atoms with Gasteiger partial charge >= 0.3 is 0 Å². The second-order valence-corrected chi connectivity index (χ2v) is 3.80. The number of rotatable bonds is 2. The largest absolute Gasteiger partial charge is 0.393 e. The van der Waals surface area contributed by atoms with Crippen LogP contribution in [0.3, 0.4) is 0 Å². The van der Waals surface area contributed by atoms with Gasteiger partial charge < -0.3 is 5.11 Å². The van der Waals surface area contributed by atoms with Gasteiger partial charge in [-0.25, -0.2) is 4.76 Å². The van der Waals surface area contributed by atoms with Gasteiger partial charge in [-0.1, -0.05) is 0 Å². The normalized spacial score (nSPS) is 33.2. The van der Waals surface area contributed by atoms with Crippen LogP contribution in [0.25, 0.3) is 0 Å². The molecule has 0 amide bonds. The van der Waals surface area contributed by atoms with Crippen molar-refractivity contribution in [3.8, 4) is 0 Å². The Bertz CT molecular complexity index is 155. The predicted molar refractivity (Wildman–Crippen MR) is 50.7 cm³/mol. The Morgan fingerprint density at radius 3 is 2.55 bits per heavy atom. The summed E-state index contributed by atoms with van der Waals surface area (Å²) < 4.78 is 4.00. The molecule has 0 spiro atoms. The molecule has 1 rings (SSSR count). The molecule has 0 atom stereocenters. The first-order valence-corrected chi connectivity index (χ1v) is 5.73. The van der Waals surface area contributed by atoms with Gasteiger partial charge in [0.1, 0.15) is 7.51 Å². The van der Waals surface area contributed by atoms with Gasteiger partial charge in [-0.15, -0.1) is 0 Å². The minimum Gasteiger partial charge on any atom is -0.393 e. The zero-order chi connectivity index (χ0) is 8.10. The fourth-order valence-electron chi connectivity index (χ4n) is 1.37. The second kappa shape index (κ2) is 4.91. The monoisotopic (exact) mass is 189 g/mol. The van der Waals surface area contributed by atoms with E-state index in [1.165, 1.54) is 0 Å². The molecule has 1 saturated carbocycles. The Hall–Kier alpha value is 0.150. The molecule has 1 aliphatic rings. The zero-order valence-corrected chi connectivity index (χ0v) is 8.02. The van der Waals surface area contributed by atoms with Crippen molar-refractivity contribution in [2.75, 3.05) is 0 Å². The fourth-order valence-corrected chi connectivity index (χ4v) is 1.78. The summed E-state index contributed by atoms with van der Waals surface area (Å²) in [5, 5.41) is 9.19. The van der Waals surface area contributed by atoms with Crippen LogP contribution >= 0.6 is 7.51 Å². The molecule has 0 saturated heterocycles. The molecule has 1 fully saturated rings. The molecule has 4 heteroatoms. The third-order valence-corrected chi connectivity index (χ3v) is 2.58. The minimum absolute atomic E-state index is 0.0688. The van der Waals surface area contributed by atoms with Gasteiger partial charge in [0, 0.05) is 6.21 Å². The number of aliphatic hydroxyl groups is 1. The minimum atomic E-state index is -0.0688. The van der Waals surface area contributed by atoms with E-state index in [9.17, 15) is 5.11 Å². The van der Waals surface area contributed by atoms with Gasteiger partial charge in [-0.3, -0.25) is 0 Å². The van der Waals surface area contributed by atoms with Gasteiger partial charge in [0.15, 0.2) is 0 Å². The lowest BCUT2D eigenvalue weighted by Gasteiger charge is -2.21. The molecule has 0 aromatic heterocycles. The molecule has 0 radical (unpaired) electrons. The Kier molecular flexibility index (Phi) is 4.13. The first-order chi connectivity index (χ1) is 5.33. The maximum Gasteiger partial charge on any atom is 0.115 e. The first kappa shape index (κ1) is 9.24. The summed E-state index contributed by atoms with van der Waals surface area (Å²) in [7, 11) is 0.676. The fraction of sp³-hybridized carbons (Fsp3) is 0.857. The van der Waals surface area contributed by atoms with Crippen LogP contribution in [0.2, 0.25) is 0 Å². The van der Waals surface area contributed by atoms with Crippen molar-refractivity contribution in [1.82, 2.24) is 0 Å². The van der Waals surface area contributed by atoms with Crippen molar-refractivity contribution >= 4 is 25.5 Å².